The highest BCUT2D eigenvalue weighted by Gasteiger charge is 2.18. The molecule has 0 unspecified atom stereocenters. The van der Waals surface area contributed by atoms with E-state index in [1.54, 1.807) is 0 Å². The van der Waals surface area contributed by atoms with Gasteiger partial charge in [-0.2, -0.15) is 0 Å². The fourth-order valence-electron chi connectivity index (χ4n) is 2.39. The van der Waals surface area contributed by atoms with E-state index in [4.69, 9.17) is 0 Å². The van der Waals surface area contributed by atoms with Crippen LogP contribution in [-0.2, 0) is 0 Å². The summed E-state index contributed by atoms with van der Waals surface area (Å²) >= 11 is 0. The Labute approximate surface area is 114 Å². The highest BCUT2D eigenvalue weighted by molar-refractivity contribution is 4.77. The molecule has 3 heteroatoms. The zero-order valence-corrected chi connectivity index (χ0v) is 13.1. The molecule has 0 aliphatic carbocycles. The van der Waals surface area contributed by atoms with E-state index in [2.05, 4.69) is 49.7 Å². The van der Waals surface area contributed by atoms with Gasteiger partial charge in [-0.05, 0) is 26.2 Å². The number of rotatable bonds is 7. The molecule has 0 spiro atoms. The zero-order valence-electron chi connectivity index (χ0n) is 13.1. The smallest absolute Gasteiger partial charge is 0.0123 e. The van der Waals surface area contributed by atoms with E-state index in [0.717, 1.165) is 12.5 Å². The molecular weight excluding hydrogens is 222 g/mol. The number of nitrogens with one attached hydrogen (secondary N) is 1. The average molecular weight is 255 g/mol. The van der Waals surface area contributed by atoms with Gasteiger partial charge in [-0.25, -0.2) is 0 Å². The van der Waals surface area contributed by atoms with E-state index >= 15 is 0 Å². The summed E-state index contributed by atoms with van der Waals surface area (Å²) in [4.78, 5) is 5.19. The SMILES string of the molecule is CCC(C)(C)NCCN1CCN(CC(C)C)CC1. The maximum Gasteiger partial charge on any atom is 0.0123 e. The first-order chi connectivity index (χ1) is 8.43. The summed E-state index contributed by atoms with van der Waals surface area (Å²) in [5, 5.41) is 3.64. The summed E-state index contributed by atoms with van der Waals surface area (Å²) in [6.45, 7) is 20.0. The van der Waals surface area contributed by atoms with Crippen molar-refractivity contribution in [1.82, 2.24) is 15.1 Å². The van der Waals surface area contributed by atoms with Crippen LogP contribution in [0.5, 0.6) is 0 Å². The normalized spacial score (nSPS) is 19.7. The Bertz CT molecular complexity index is 218. The second kappa shape index (κ2) is 7.46. The van der Waals surface area contributed by atoms with Crippen LogP contribution in [0.15, 0.2) is 0 Å². The fraction of sp³-hybridized carbons (Fsp3) is 1.00. The Balaban J connectivity index is 2.12. The van der Waals surface area contributed by atoms with E-state index in [1.165, 1.54) is 45.7 Å². The van der Waals surface area contributed by atoms with E-state index in [9.17, 15) is 0 Å². The van der Waals surface area contributed by atoms with Crippen molar-refractivity contribution in [3.8, 4) is 0 Å². The lowest BCUT2D eigenvalue weighted by molar-refractivity contribution is 0.121. The Morgan fingerprint density at radius 1 is 1.06 bits per heavy atom. The first kappa shape index (κ1) is 15.9. The van der Waals surface area contributed by atoms with Crippen LogP contribution in [0.2, 0.25) is 0 Å². The van der Waals surface area contributed by atoms with E-state index < -0.39 is 0 Å². The van der Waals surface area contributed by atoms with Gasteiger partial charge in [0, 0.05) is 51.4 Å². The van der Waals surface area contributed by atoms with Crippen molar-refractivity contribution >= 4 is 0 Å². The highest BCUT2D eigenvalue weighted by Crippen LogP contribution is 2.07. The number of nitrogens with zero attached hydrogens (tertiary/aromatic N) is 2. The molecule has 0 atom stereocenters. The van der Waals surface area contributed by atoms with Crippen molar-refractivity contribution in [3.05, 3.63) is 0 Å². The molecule has 1 N–H and O–H groups in total. The monoisotopic (exact) mass is 255 g/mol. The molecule has 0 radical (unpaired) electrons. The van der Waals surface area contributed by atoms with Crippen LogP contribution >= 0.6 is 0 Å². The van der Waals surface area contributed by atoms with Gasteiger partial charge in [0.15, 0.2) is 0 Å². The largest absolute Gasteiger partial charge is 0.311 e. The summed E-state index contributed by atoms with van der Waals surface area (Å²) in [5.74, 6) is 0.795. The van der Waals surface area contributed by atoms with Crippen molar-refractivity contribution in [2.45, 2.75) is 46.6 Å². The third-order valence-corrected chi connectivity index (χ3v) is 4.00. The zero-order chi connectivity index (χ0) is 13.6. The van der Waals surface area contributed by atoms with Crippen molar-refractivity contribution in [2.24, 2.45) is 5.92 Å². The second-order valence-electron chi connectivity index (χ2n) is 6.70. The molecule has 0 bridgehead atoms. The Morgan fingerprint density at radius 2 is 1.61 bits per heavy atom. The van der Waals surface area contributed by atoms with Gasteiger partial charge in [0.1, 0.15) is 0 Å². The molecule has 0 saturated carbocycles. The van der Waals surface area contributed by atoms with Gasteiger partial charge in [0.05, 0.1) is 0 Å². The molecule has 1 rings (SSSR count). The maximum absolute atomic E-state index is 3.64. The molecule has 0 amide bonds. The third-order valence-electron chi connectivity index (χ3n) is 4.00. The van der Waals surface area contributed by atoms with Crippen molar-refractivity contribution in [1.29, 1.82) is 0 Å². The highest BCUT2D eigenvalue weighted by atomic mass is 15.3. The fourth-order valence-corrected chi connectivity index (χ4v) is 2.39. The van der Waals surface area contributed by atoms with Gasteiger partial charge >= 0.3 is 0 Å². The van der Waals surface area contributed by atoms with Crippen LogP contribution in [0, 0.1) is 5.92 Å². The summed E-state index contributed by atoms with van der Waals surface area (Å²) in [5.41, 5.74) is 0.291. The van der Waals surface area contributed by atoms with Crippen LogP contribution in [0.4, 0.5) is 0 Å². The van der Waals surface area contributed by atoms with E-state index in [0.29, 0.717) is 5.54 Å². The van der Waals surface area contributed by atoms with Gasteiger partial charge in [0.25, 0.3) is 0 Å². The van der Waals surface area contributed by atoms with Gasteiger partial charge in [-0.15, -0.1) is 0 Å². The van der Waals surface area contributed by atoms with Crippen LogP contribution < -0.4 is 5.32 Å². The van der Waals surface area contributed by atoms with Crippen LogP contribution in [0.25, 0.3) is 0 Å². The first-order valence-electron chi connectivity index (χ1n) is 7.62. The molecule has 1 aliphatic heterocycles. The lowest BCUT2D eigenvalue weighted by Gasteiger charge is -2.36. The van der Waals surface area contributed by atoms with E-state index in [-0.39, 0.29) is 0 Å². The number of piperazine rings is 1. The second-order valence-corrected chi connectivity index (χ2v) is 6.70. The van der Waals surface area contributed by atoms with Gasteiger partial charge in [-0.1, -0.05) is 20.8 Å². The molecule has 0 aromatic rings. The predicted molar refractivity (Wildman–Crippen MR) is 80.1 cm³/mol. The maximum atomic E-state index is 3.64. The van der Waals surface area contributed by atoms with Gasteiger partial charge in [-0.3, -0.25) is 4.90 Å². The average Bonchev–Trinajstić information content (AvgIpc) is 2.30. The molecule has 3 nitrogen and oxygen atoms in total. The molecule has 1 fully saturated rings. The van der Waals surface area contributed by atoms with Crippen molar-refractivity contribution in [2.75, 3.05) is 45.8 Å². The summed E-state index contributed by atoms with van der Waals surface area (Å²) in [6, 6.07) is 0. The molecule has 18 heavy (non-hydrogen) atoms. The van der Waals surface area contributed by atoms with Gasteiger partial charge in [0.2, 0.25) is 0 Å². The van der Waals surface area contributed by atoms with Gasteiger partial charge < -0.3 is 10.2 Å². The van der Waals surface area contributed by atoms with E-state index in [1.807, 2.05) is 0 Å². The number of hydrogen-bond donors (Lipinski definition) is 1. The molecule has 0 aromatic carbocycles. The molecule has 108 valence electrons. The lowest BCUT2D eigenvalue weighted by Crippen LogP contribution is -2.50. The quantitative estimate of drug-likeness (QED) is 0.751. The summed E-state index contributed by atoms with van der Waals surface area (Å²) < 4.78 is 0. The van der Waals surface area contributed by atoms with Crippen LogP contribution in [-0.4, -0.2) is 61.2 Å². The minimum atomic E-state index is 0.291. The minimum absolute atomic E-state index is 0.291. The standard InChI is InChI=1S/C15H33N3/c1-6-15(4,5)16-7-8-17-9-11-18(12-10-17)13-14(2)3/h14,16H,6-13H2,1-5H3. The van der Waals surface area contributed by atoms with Crippen molar-refractivity contribution < 1.29 is 0 Å². The Kier molecular flexibility index (Phi) is 6.61. The number of hydrogen-bond acceptors (Lipinski definition) is 3. The Morgan fingerprint density at radius 3 is 2.11 bits per heavy atom. The Hall–Kier alpha value is -0.120. The van der Waals surface area contributed by atoms with Crippen LogP contribution in [0.3, 0.4) is 0 Å². The summed E-state index contributed by atoms with van der Waals surface area (Å²) in [7, 11) is 0. The predicted octanol–water partition coefficient (Wildman–Crippen LogP) is 2.04. The summed E-state index contributed by atoms with van der Waals surface area (Å²) in [6.07, 6.45) is 1.19. The van der Waals surface area contributed by atoms with Crippen LogP contribution in [0.1, 0.15) is 41.0 Å². The molecule has 1 saturated heterocycles. The molecule has 0 aromatic heterocycles. The van der Waals surface area contributed by atoms with Crippen molar-refractivity contribution in [3.63, 3.8) is 0 Å². The minimum Gasteiger partial charge on any atom is -0.311 e. The molecular formula is C15H33N3. The topological polar surface area (TPSA) is 18.5 Å². The first-order valence-corrected chi connectivity index (χ1v) is 7.62. The third kappa shape index (κ3) is 6.17. The molecule has 1 aliphatic rings. The molecule has 1 heterocycles. The lowest BCUT2D eigenvalue weighted by atomic mass is 10.0.